The highest BCUT2D eigenvalue weighted by molar-refractivity contribution is 7.21. The van der Waals surface area contributed by atoms with E-state index < -0.39 is 0 Å². The summed E-state index contributed by atoms with van der Waals surface area (Å²) in [6.45, 7) is 1.88. The molecule has 1 aromatic carbocycles. The molecule has 3 N–H and O–H groups in total. The highest BCUT2D eigenvalue weighted by Crippen LogP contribution is 2.35. The summed E-state index contributed by atoms with van der Waals surface area (Å²) in [7, 11) is 2.10. The molecule has 0 aliphatic carbocycles. The average Bonchev–Trinajstić information content (AvgIpc) is 2.90. The minimum absolute atomic E-state index is 0.184. The number of likely N-dealkylation sites (N-methyl/N-ethyl adjacent to an activating group) is 1. The van der Waals surface area contributed by atoms with E-state index in [1.807, 2.05) is 30.3 Å². The number of benzene rings is 1. The van der Waals surface area contributed by atoms with Gasteiger partial charge in [-0.05, 0) is 30.8 Å². The number of amides is 1. The number of anilines is 2. The van der Waals surface area contributed by atoms with E-state index in [1.54, 1.807) is 0 Å². The van der Waals surface area contributed by atoms with E-state index in [0.29, 0.717) is 10.6 Å². The molecule has 5 nitrogen and oxygen atoms in total. The van der Waals surface area contributed by atoms with Crippen molar-refractivity contribution in [1.29, 1.82) is 0 Å². The first-order valence-corrected chi connectivity index (χ1v) is 8.69. The van der Waals surface area contributed by atoms with Gasteiger partial charge in [0.2, 0.25) is 0 Å². The predicted molar refractivity (Wildman–Crippen MR) is 98.5 cm³/mol. The molecule has 3 heterocycles. The number of rotatable bonds is 2. The fourth-order valence-corrected chi connectivity index (χ4v) is 4.01. The molecule has 0 saturated carbocycles. The first-order chi connectivity index (χ1) is 11.6. The molecule has 122 valence electrons. The number of nitrogens with one attached hydrogen (secondary N) is 1. The second-order valence-electron chi connectivity index (χ2n) is 6.10. The Morgan fingerprint density at radius 1 is 1.33 bits per heavy atom. The highest BCUT2D eigenvalue weighted by atomic mass is 32.1. The smallest absolute Gasteiger partial charge is 0.267 e. The van der Waals surface area contributed by atoms with Crippen LogP contribution in [-0.2, 0) is 13.0 Å². The number of carbonyl (C=O) groups is 1. The van der Waals surface area contributed by atoms with Crippen molar-refractivity contribution >= 4 is 38.8 Å². The number of pyridine rings is 1. The van der Waals surface area contributed by atoms with Crippen LogP contribution in [0.1, 0.15) is 20.9 Å². The fraction of sp³-hybridized carbons (Fsp3) is 0.222. The van der Waals surface area contributed by atoms with Crippen molar-refractivity contribution in [2.24, 2.45) is 0 Å². The summed E-state index contributed by atoms with van der Waals surface area (Å²) in [6.07, 6.45) is 0.936. The fourth-order valence-electron chi connectivity index (χ4n) is 3.02. The molecule has 6 heteroatoms. The van der Waals surface area contributed by atoms with E-state index in [9.17, 15) is 4.79 Å². The maximum Gasteiger partial charge on any atom is 0.267 e. The lowest BCUT2D eigenvalue weighted by atomic mass is 10.0. The molecular weight excluding hydrogens is 320 g/mol. The molecule has 1 aliphatic rings. The van der Waals surface area contributed by atoms with Crippen LogP contribution < -0.4 is 11.1 Å². The van der Waals surface area contributed by atoms with Crippen molar-refractivity contribution in [2.45, 2.75) is 13.0 Å². The Balaban J connectivity index is 1.71. The van der Waals surface area contributed by atoms with Crippen LogP contribution in [-0.4, -0.2) is 29.4 Å². The zero-order valence-electron chi connectivity index (χ0n) is 13.4. The molecule has 2 aromatic heterocycles. The summed E-state index contributed by atoms with van der Waals surface area (Å²) in [5.74, 6) is -0.184. The van der Waals surface area contributed by atoms with Crippen LogP contribution in [0.3, 0.4) is 0 Å². The first kappa shape index (κ1) is 15.1. The van der Waals surface area contributed by atoms with Crippen molar-refractivity contribution in [3.63, 3.8) is 0 Å². The quantitative estimate of drug-likeness (QED) is 0.753. The van der Waals surface area contributed by atoms with Crippen molar-refractivity contribution in [3.05, 3.63) is 52.5 Å². The summed E-state index contributed by atoms with van der Waals surface area (Å²) in [5.41, 5.74) is 9.86. The minimum atomic E-state index is -0.184. The number of nitrogen functional groups attached to an aromatic ring is 1. The van der Waals surface area contributed by atoms with Crippen LogP contribution in [0.2, 0.25) is 0 Å². The third-order valence-corrected chi connectivity index (χ3v) is 5.41. The Kier molecular flexibility index (Phi) is 3.70. The molecule has 0 saturated heterocycles. The molecule has 0 bridgehead atoms. The van der Waals surface area contributed by atoms with Crippen LogP contribution in [0.4, 0.5) is 11.4 Å². The number of para-hydroxylation sites is 1. The van der Waals surface area contributed by atoms with Gasteiger partial charge in [-0.2, -0.15) is 0 Å². The van der Waals surface area contributed by atoms with Gasteiger partial charge in [-0.25, -0.2) is 4.98 Å². The monoisotopic (exact) mass is 338 g/mol. The summed E-state index contributed by atoms with van der Waals surface area (Å²) in [4.78, 5) is 20.9. The lowest BCUT2D eigenvalue weighted by molar-refractivity contribution is 0.103. The standard InChI is InChI=1S/C18H18N4OS/c1-22-8-7-14-11(10-22)9-13-15(19)16(24-18(13)21-14)17(23)20-12-5-3-2-4-6-12/h2-6,9H,7-8,10,19H2,1H3,(H,20,23). The second kappa shape index (κ2) is 5.89. The Labute approximate surface area is 144 Å². The largest absolute Gasteiger partial charge is 0.397 e. The summed E-state index contributed by atoms with van der Waals surface area (Å²) in [5, 5.41) is 3.77. The Morgan fingerprint density at radius 3 is 2.92 bits per heavy atom. The predicted octanol–water partition coefficient (Wildman–Crippen LogP) is 3.12. The van der Waals surface area contributed by atoms with Crippen molar-refractivity contribution in [3.8, 4) is 0 Å². The molecule has 1 aliphatic heterocycles. The average molecular weight is 338 g/mol. The third-order valence-electron chi connectivity index (χ3n) is 4.30. The van der Waals surface area contributed by atoms with Gasteiger partial charge in [0, 0.05) is 36.3 Å². The summed E-state index contributed by atoms with van der Waals surface area (Å²) >= 11 is 1.36. The van der Waals surface area contributed by atoms with Crippen LogP contribution in [0, 0.1) is 0 Å². The Hall–Kier alpha value is -2.44. The van der Waals surface area contributed by atoms with Crippen molar-refractivity contribution in [2.75, 3.05) is 24.6 Å². The van der Waals surface area contributed by atoms with E-state index in [4.69, 9.17) is 10.7 Å². The molecule has 0 radical (unpaired) electrons. The number of hydrogen-bond donors (Lipinski definition) is 2. The number of hydrogen-bond acceptors (Lipinski definition) is 5. The molecule has 0 atom stereocenters. The summed E-state index contributed by atoms with van der Waals surface area (Å²) in [6, 6.07) is 11.5. The summed E-state index contributed by atoms with van der Waals surface area (Å²) < 4.78 is 0. The van der Waals surface area contributed by atoms with Gasteiger partial charge in [0.1, 0.15) is 9.71 Å². The van der Waals surface area contributed by atoms with Crippen molar-refractivity contribution in [1.82, 2.24) is 9.88 Å². The Bertz CT molecular complexity index is 920. The normalized spacial score (nSPS) is 14.5. The zero-order chi connectivity index (χ0) is 16.7. The number of nitrogens with zero attached hydrogens (tertiary/aromatic N) is 2. The number of fused-ring (bicyclic) bond motifs is 2. The first-order valence-electron chi connectivity index (χ1n) is 7.87. The molecule has 4 rings (SSSR count). The maximum absolute atomic E-state index is 12.6. The molecule has 0 unspecified atom stereocenters. The van der Waals surface area contributed by atoms with Gasteiger partial charge in [-0.15, -0.1) is 11.3 Å². The lowest BCUT2D eigenvalue weighted by Crippen LogP contribution is -2.27. The highest BCUT2D eigenvalue weighted by Gasteiger charge is 2.21. The van der Waals surface area contributed by atoms with Crippen LogP contribution in [0.15, 0.2) is 36.4 Å². The Morgan fingerprint density at radius 2 is 2.12 bits per heavy atom. The van der Waals surface area contributed by atoms with Gasteiger partial charge in [0.25, 0.3) is 5.91 Å². The van der Waals surface area contributed by atoms with Crippen LogP contribution >= 0.6 is 11.3 Å². The van der Waals surface area contributed by atoms with Gasteiger partial charge in [0.05, 0.1) is 5.69 Å². The topological polar surface area (TPSA) is 71.2 Å². The van der Waals surface area contributed by atoms with Gasteiger partial charge in [-0.3, -0.25) is 4.79 Å². The molecule has 0 fully saturated rings. The van der Waals surface area contributed by atoms with E-state index in [0.717, 1.165) is 41.1 Å². The van der Waals surface area contributed by atoms with Gasteiger partial charge in [0.15, 0.2) is 0 Å². The lowest BCUT2D eigenvalue weighted by Gasteiger charge is -2.24. The molecule has 0 spiro atoms. The maximum atomic E-state index is 12.6. The van der Waals surface area contributed by atoms with Crippen molar-refractivity contribution < 1.29 is 4.79 Å². The second-order valence-corrected chi connectivity index (χ2v) is 7.10. The number of thiophene rings is 1. The molecule has 3 aromatic rings. The third kappa shape index (κ3) is 2.64. The number of carbonyl (C=O) groups excluding carboxylic acids is 1. The van der Waals surface area contributed by atoms with E-state index >= 15 is 0 Å². The number of nitrogens with two attached hydrogens (primary N) is 1. The van der Waals surface area contributed by atoms with Gasteiger partial charge in [-0.1, -0.05) is 18.2 Å². The van der Waals surface area contributed by atoms with Crippen LogP contribution in [0.25, 0.3) is 10.2 Å². The molecular formula is C18H18N4OS. The van der Waals surface area contributed by atoms with E-state index in [2.05, 4.69) is 23.3 Å². The van der Waals surface area contributed by atoms with E-state index in [-0.39, 0.29) is 5.91 Å². The SMILES string of the molecule is CN1CCc2nc3sc(C(=O)Nc4ccccc4)c(N)c3cc2C1. The molecule has 1 amide bonds. The van der Waals surface area contributed by atoms with E-state index in [1.165, 1.54) is 16.9 Å². The van der Waals surface area contributed by atoms with Gasteiger partial charge >= 0.3 is 0 Å². The molecule has 24 heavy (non-hydrogen) atoms. The zero-order valence-corrected chi connectivity index (χ0v) is 14.2. The van der Waals surface area contributed by atoms with Gasteiger partial charge < -0.3 is 16.0 Å². The minimum Gasteiger partial charge on any atom is -0.397 e. The number of aromatic nitrogens is 1. The van der Waals surface area contributed by atoms with Crippen LogP contribution in [0.5, 0.6) is 0 Å².